The summed E-state index contributed by atoms with van der Waals surface area (Å²) in [5, 5.41) is 1.31. The van der Waals surface area contributed by atoms with Crippen LogP contribution in [0.5, 0.6) is 0 Å². The third-order valence-corrected chi connectivity index (χ3v) is 3.71. The van der Waals surface area contributed by atoms with Crippen LogP contribution < -0.4 is 5.73 Å². The number of nitrogens with two attached hydrogens (primary N) is 1. The second-order valence-electron chi connectivity index (χ2n) is 4.86. The van der Waals surface area contributed by atoms with Crippen molar-refractivity contribution >= 4 is 16.6 Å². The van der Waals surface area contributed by atoms with Crippen LogP contribution in [0.2, 0.25) is 0 Å². The van der Waals surface area contributed by atoms with Crippen LogP contribution in [-0.4, -0.2) is 17.8 Å². The Morgan fingerprint density at radius 2 is 2.06 bits per heavy atom. The van der Waals surface area contributed by atoms with E-state index in [9.17, 15) is 0 Å². The highest BCUT2D eigenvalue weighted by Crippen LogP contribution is 2.34. The van der Waals surface area contributed by atoms with Crippen LogP contribution in [0.1, 0.15) is 24.3 Å². The van der Waals surface area contributed by atoms with E-state index in [4.69, 9.17) is 10.5 Å². The summed E-state index contributed by atoms with van der Waals surface area (Å²) in [7, 11) is 2.10. The van der Waals surface area contributed by atoms with Crippen LogP contribution in [0.4, 0.5) is 5.69 Å². The second kappa shape index (κ2) is 4.08. The van der Waals surface area contributed by atoms with Crippen molar-refractivity contribution in [2.75, 3.05) is 18.9 Å². The molecule has 2 aromatic rings. The lowest BCUT2D eigenvalue weighted by Gasteiger charge is -2.21. The molecule has 17 heavy (non-hydrogen) atoms. The normalized spacial score (nSPS) is 17.7. The van der Waals surface area contributed by atoms with Gasteiger partial charge in [-0.05, 0) is 42.5 Å². The molecular formula is C14H18N2O. The Hall–Kier alpha value is -1.48. The maximum absolute atomic E-state index is 5.90. The lowest BCUT2D eigenvalue weighted by molar-refractivity contribution is 0.0856. The molecule has 0 amide bonds. The summed E-state index contributed by atoms with van der Waals surface area (Å²) in [6, 6.07) is 6.17. The molecule has 0 bridgehead atoms. The number of hydrogen-bond acceptors (Lipinski definition) is 2. The fourth-order valence-electron chi connectivity index (χ4n) is 2.77. The molecule has 1 fully saturated rings. The first-order valence-electron chi connectivity index (χ1n) is 6.18. The van der Waals surface area contributed by atoms with Crippen molar-refractivity contribution < 1.29 is 4.74 Å². The number of nitrogen functional groups attached to an aromatic ring is 1. The van der Waals surface area contributed by atoms with Gasteiger partial charge in [-0.1, -0.05) is 0 Å². The van der Waals surface area contributed by atoms with Crippen molar-refractivity contribution in [1.82, 2.24) is 4.57 Å². The summed E-state index contributed by atoms with van der Waals surface area (Å²) in [6.45, 7) is 1.76. The predicted molar refractivity (Wildman–Crippen MR) is 70.1 cm³/mol. The average Bonchev–Trinajstić information content (AvgIpc) is 2.67. The first-order valence-corrected chi connectivity index (χ1v) is 6.18. The van der Waals surface area contributed by atoms with E-state index in [-0.39, 0.29) is 0 Å². The van der Waals surface area contributed by atoms with Crippen LogP contribution in [0.25, 0.3) is 10.9 Å². The van der Waals surface area contributed by atoms with E-state index in [2.05, 4.69) is 29.9 Å². The summed E-state index contributed by atoms with van der Waals surface area (Å²) in [4.78, 5) is 0. The number of benzene rings is 1. The minimum atomic E-state index is 0.620. The fourth-order valence-corrected chi connectivity index (χ4v) is 2.77. The van der Waals surface area contributed by atoms with Gasteiger partial charge in [-0.25, -0.2) is 0 Å². The summed E-state index contributed by atoms with van der Waals surface area (Å²) in [6.07, 6.45) is 4.49. The van der Waals surface area contributed by atoms with Gasteiger partial charge in [-0.15, -0.1) is 0 Å². The van der Waals surface area contributed by atoms with Crippen LogP contribution >= 0.6 is 0 Å². The van der Waals surface area contributed by atoms with E-state index in [1.165, 1.54) is 16.5 Å². The molecule has 0 radical (unpaired) electrons. The number of anilines is 1. The third-order valence-electron chi connectivity index (χ3n) is 3.71. The van der Waals surface area contributed by atoms with E-state index in [1.54, 1.807) is 0 Å². The summed E-state index contributed by atoms with van der Waals surface area (Å²) in [5.41, 5.74) is 9.44. The van der Waals surface area contributed by atoms with Gasteiger partial charge >= 0.3 is 0 Å². The van der Waals surface area contributed by atoms with Gasteiger partial charge in [0.1, 0.15) is 0 Å². The van der Waals surface area contributed by atoms with E-state index < -0.39 is 0 Å². The van der Waals surface area contributed by atoms with Gasteiger partial charge in [0, 0.05) is 43.0 Å². The number of nitrogens with zero attached hydrogens (tertiary/aromatic N) is 1. The number of ether oxygens (including phenoxy) is 1. The highest BCUT2D eigenvalue weighted by Gasteiger charge is 2.20. The predicted octanol–water partition coefficient (Wildman–Crippen LogP) is 2.65. The maximum atomic E-state index is 5.90. The summed E-state index contributed by atoms with van der Waals surface area (Å²) in [5.74, 6) is 0.620. The molecule has 1 aromatic heterocycles. The van der Waals surface area contributed by atoms with Crippen LogP contribution in [-0.2, 0) is 11.8 Å². The van der Waals surface area contributed by atoms with Gasteiger partial charge in [0.05, 0.1) is 0 Å². The number of hydrogen-bond donors (Lipinski definition) is 1. The lowest BCUT2D eigenvalue weighted by Crippen LogP contribution is -2.13. The number of aryl methyl sites for hydroxylation is 1. The van der Waals surface area contributed by atoms with Gasteiger partial charge in [0.25, 0.3) is 0 Å². The molecule has 90 valence electrons. The molecule has 0 unspecified atom stereocenters. The molecule has 0 atom stereocenters. The van der Waals surface area contributed by atoms with Gasteiger partial charge in [-0.3, -0.25) is 0 Å². The Morgan fingerprint density at radius 3 is 2.82 bits per heavy atom. The van der Waals surface area contributed by atoms with E-state index in [0.29, 0.717) is 5.92 Å². The Kier molecular flexibility index (Phi) is 2.56. The SMILES string of the molecule is Cn1cc(C2CCOCC2)c2cc(N)ccc21. The molecule has 3 nitrogen and oxygen atoms in total. The van der Waals surface area contributed by atoms with Gasteiger partial charge in [-0.2, -0.15) is 0 Å². The first-order chi connectivity index (χ1) is 8.25. The number of fused-ring (bicyclic) bond motifs is 1. The van der Waals surface area contributed by atoms with E-state index in [0.717, 1.165) is 31.7 Å². The van der Waals surface area contributed by atoms with Crippen molar-refractivity contribution in [3.8, 4) is 0 Å². The van der Waals surface area contributed by atoms with Gasteiger partial charge in [0.2, 0.25) is 0 Å². The highest BCUT2D eigenvalue weighted by molar-refractivity contribution is 5.87. The summed E-state index contributed by atoms with van der Waals surface area (Å²) < 4.78 is 7.63. The minimum absolute atomic E-state index is 0.620. The van der Waals surface area contributed by atoms with Crippen molar-refractivity contribution in [3.05, 3.63) is 30.0 Å². The molecular weight excluding hydrogens is 212 g/mol. The fraction of sp³-hybridized carbons (Fsp3) is 0.429. The zero-order valence-corrected chi connectivity index (χ0v) is 10.1. The smallest absolute Gasteiger partial charge is 0.0482 e. The Labute approximate surface area is 101 Å². The Bertz CT molecular complexity index is 538. The van der Waals surface area contributed by atoms with Crippen molar-refractivity contribution in [2.45, 2.75) is 18.8 Å². The molecule has 2 N–H and O–H groups in total. The Balaban J connectivity index is 2.11. The molecule has 1 aliphatic heterocycles. The molecule has 2 heterocycles. The van der Waals surface area contributed by atoms with Crippen LogP contribution in [0.15, 0.2) is 24.4 Å². The quantitative estimate of drug-likeness (QED) is 0.765. The maximum Gasteiger partial charge on any atom is 0.0482 e. The van der Waals surface area contributed by atoms with Crippen molar-refractivity contribution in [1.29, 1.82) is 0 Å². The molecule has 1 aliphatic rings. The van der Waals surface area contributed by atoms with Crippen LogP contribution in [0.3, 0.4) is 0 Å². The summed E-state index contributed by atoms with van der Waals surface area (Å²) >= 11 is 0. The molecule has 0 spiro atoms. The van der Waals surface area contributed by atoms with Crippen molar-refractivity contribution in [2.24, 2.45) is 7.05 Å². The van der Waals surface area contributed by atoms with Crippen LogP contribution in [0, 0.1) is 0 Å². The standard InChI is InChI=1S/C14H18N2O/c1-16-9-13(10-4-6-17-7-5-10)12-8-11(15)2-3-14(12)16/h2-3,8-10H,4-7,15H2,1H3. The Morgan fingerprint density at radius 1 is 1.29 bits per heavy atom. The molecule has 3 heteroatoms. The molecule has 3 rings (SSSR count). The second-order valence-corrected chi connectivity index (χ2v) is 4.86. The average molecular weight is 230 g/mol. The molecule has 0 saturated carbocycles. The zero-order valence-electron chi connectivity index (χ0n) is 10.1. The highest BCUT2D eigenvalue weighted by atomic mass is 16.5. The number of rotatable bonds is 1. The van der Waals surface area contributed by atoms with E-state index >= 15 is 0 Å². The van der Waals surface area contributed by atoms with Gasteiger partial charge < -0.3 is 15.0 Å². The monoisotopic (exact) mass is 230 g/mol. The molecule has 1 saturated heterocycles. The lowest BCUT2D eigenvalue weighted by atomic mass is 9.91. The first kappa shape index (κ1) is 10.7. The van der Waals surface area contributed by atoms with Crippen molar-refractivity contribution in [3.63, 3.8) is 0 Å². The molecule has 0 aliphatic carbocycles. The topological polar surface area (TPSA) is 40.2 Å². The molecule has 1 aromatic carbocycles. The number of aromatic nitrogens is 1. The third kappa shape index (κ3) is 1.80. The zero-order chi connectivity index (χ0) is 11.8. The van der Waals surface area contributed by atoms with E-state index in [1.807, 2.05) is 6.07 Å². The largest absolute Gasteiger partial charge is 0.399 e. The van der Waals surface area contributed by atoms with Gasteiger partial charge in [0.15, 0.2) is 0 Å². The minimum Gasteiger partial charge on any atom is -0.399 e.